The van der Waals surface area contributed by atoms with Gasteiger partial charge in [0.05, 0.1) is 10.6 Å². The third kappa shape index (κ3) is 2.81. The Labute approximate surface area is 168 Å². The van der Waals surface area contributed by atoms with Crippen LogP contribution in [0.25, 0.3) is 22.3 Å². The average molecular weight is 400 g/mol. The van der Waals surface area contributed by atoms with Crippen LogP contribution >= 0.6 is 7.37 Å². The van der Waals surface area contributed by atoms with E-state index in [1.165, 1.54) is 6.07 Å². The molecule has 1 aliphatic rings. The zero-order valence-corrected chi connectivity index (χ0v) is 16.2. The summed E-state index contributed by atoms with van der Waals surface area (Å²) in [5.41, 5.74) is 3.32. The lowest BCUT2D eigenvalue weighted by molar-refractivity contribution is 0.472. The Morgan fingerprint density at radius 2 is 1.31 bits per heavy atom. The van der Waals surface area contributed by atoms with Gasteiger partial charge in [-0.15, -0.1) is 0 Å². The molecule has 0 bridgehead atoms. The maximum absolute atomic E-state index is 14.3. The van der Waals surface area contributed by atoms with Crippen molar-refractivity contribution in [2.75, 3.05) is 0 Å². The zero-order chi connectivity index (χ0) is 20.0. The minimum Gasteiger partial charge on any atom is -0.508 e. The highest BCUT2D eigenvalue weighted by atomic mass is 31.2. The van der Waals surface area contributed by atoms with Crippen molar-refractivity contribution >= 4 is 18.0 Å². The van der Waals surface area contributed by atoms with Crippen LogP contribution in [-0.2, 0) is 4.57 Å². The van der Waals surface area contributed by atoms with Crippen molar-refractivity contribution in [3.8, 4) is 39.5 Å². The molecule has 1 aliphatic heterocycles. The molecule has 4 aromatic carbocycles. The molecule has 1 atom stereocenters. The molecule has 4 nitrogen and oxygen atoms in total. The number of phenols is 2. The molecule has 5 rings (SSSR count). The standard InChI is InChI=1S/C24H17O4P/c25-18-12-9-16(10-13-18)17-11-14-21(26)24(15-17)29(27)23-8-4-2-6-20(23)19-5-1-3-7-22(19)28-29/h1-15,25-26H. The second kappa shape index (κ2) is 6.54. The number of para-hydroxylation sites is 1. The van der Waals surface area contributed by atoms with Crippen LogP contribution in [-0.4, -0.2) is 10.2 Å². The van der Waals surface area contributed by atoms with Crippen molar-refractivity contribution in [1.82, 2.24) is 0 Å². The van der Waals surface area contributed by atoms with Crippen molar-refractivity contribution in [1.29, 1.82) is 0 Å². The summed E-state index contributed by atoms with van der Waals surface area (Å²) >= 11 is 0. The van der Waals surface area contributed by atoms with Gasteiger partial charge in [-0.2, -0.15) is 0 Å². The number of hydrogen-bond donors (Lipinski definition) is 2. The van der Waals surface area contributed by atoms with E-state index in [2.05, 4.69) is 0 Å². The van der Waals surface area contributed by atoms with Gasteiger partial charge >= 0.3 is 7.37 Å². The SMILES string of the molecule is O=P1(c2cc(-c3ccc(O)cc3)ccc2O)Oc2ccccc2-c2ccccc21. The highest BCUT2D eigenvalue weighted by molar-refractivity contribution is 7.75. The second-order valence-corrected chi connectivity index (χ2v) is 9.16. The van der Waals surface area contributed by atoms with E-state index in [-0.39, 0.29) is 16.8 Å². The van der Waals surface area contributed by atoms with Crippen molar-refractivity contribution in [3.05, 3.63) is 91.0 Å². The molecule has 0 spiro atoms. The smallest absolute Gasteiger partial charge is 0.311 e. The molecule has 29 heavy (non-hydrogen) atoms. The Bertz CT molecular complexity index is 1280. The number of benzene rings is 4. The van der Waals surface area contributed by atoms with E-state index in [1.807, 2.05) is 36.4 Å². The Morgan fingerprint density at radius 1 is 0.655 bits per heavy atom. The van der Waals surface area contributed by atoms with Crippen LogP contribution in [0.15, 0.2) is 91.0 Å². The third-order valence-electron chi connectivity index (χ3n) is 5.12. The van der Waals surface area contributed by atoms with Gasteiger partial charge in [-0.1, -0.05) is 54.6 Å². The molecule has 0 aliphatic carbocycles. The molecular formula is C24H17O4P. The number of rotatable bonds is 2. The highest BCUT2D eigenvalue weighted by Crippen LogP contribution is 2.55. The molecule has 0 amide bonds. The molecule has 0 aromatic heterocycles. The first-order valence-electron chi connectivity index (χ1n) is 9.18. The normalized spacial score (nSPS) is 17.1. The van der Waals surface area contributed by atoms with Gasteiger partial charge in [-0.25, -0.2) is 0 Å². The molecule has 0 saturated heterocycles. The van der Waals surface area contributed by atoms with Crippen LogP contribution in [0.4, 0.5) is 0 Å². The summed E-state index contributed by atoms with van der Waals surface area (Å²) in [6.07, 6.45) is 0. The second-order valence-electron chi connectivity index (χ2n) is 6.91. The first-order valence-corrected chi connectivity index (χ1v) is 10.8. The first kappa shape index (κ1) is 17.6. The summed E-state index contributed by atoms with van der Waals surface area (Å²) in [4.78, 5) is 0. The molecule has 2 N–H and O–H groups in total. The molecule has 0 saturated carbocycles. The van der Waals surface area contributed by atoms with Crippen LogP contribution in [0.5, 0.6) is 17.2 Å². The number of aromatic hydroxyl groups is 2. The van der Waals surface area contributed by atoms with Gasteiger partial charge in [0, 0.05) is 5.56 Å². The minimum atomic E-state index is -3.58. The molecule has 4 aromatic rings. The van der Waals surface area contributed by atoms with Crippen LogP contribution < -0.4 is 15.1 Å². The molecular weight excluding hydrogens is 383 g/mol. The summed E-state index contributed by atoms with van der Waals surface area (Å²) < 4.78 is 20.3. The van der Waals surface area contributed by atoms with Crippen molar-refractivity contribution in [2.45, 2.75) is 0 Å². The van der Waals surface area contributed by atoms with Gasteiger partial charge < -0.3 is 14.7 Å². The largest absolute Gasteiger partial charge is 0.508 e. The van der Waals surface area contributed by atoms with E-state index >= 15 is 0 Å². The number of phenolic OH excluding ortho intramolecular Hbond substituents is 2. The van der Waals surface area contributed by atoms with Crippen LogP contribution in [0.3, 0.4) is 0 Å². The first-order chi connectivity index (χ1) is 14.1. The van der Waals surface area contributed by atoms with E-state index in [9.17, 15) is 14.8 Å². The van der Waals surface area contributed by atoms with Gasteiger partial charge in [0.1, 0.15) is 17.2 Å². The Balaban J connectivity index is 1.73. The van der Waals surface area contributed by atoms with Gasteiger partial charge in [0.25, 0.3) is 0 Å². The summed E-state index contributed by atoms with van der Waals surface area (Å²) in [7, 11) is -3.58. The quantitative estimate of drug-likeness (QED) is 0.462. The van der Waals surface area contributed by atoms with E-state index < -0.39 is 7.37 Å². The maximum Gasteiger partial charge on any atom is 0.311 e. The van der Waals surface area contributed by atoms with Crippen molar-refractivity contribution < 1.29 is 19.3 Å². The van der Waals surface area contributed by atoms with Gasteiger partial charge in [-0.05, 0) is 53.1 Å². The molecule has 142 valence electrons. The Hall–Kier alpha value is -3.49. The third-order valence-corrected chi connectivity index (χ3v) is 7.59. The monoisotopic (exact) mass is 400 g/mol. The van der Waals surface area contributed by atoms with Gasteiger partial charge in [0.15, 0.2) is 0 Å². The molecule has 5 heteroatoms. The number of hydrogen-bond acceptors (Lipinski definition) is 4. The summed E-state index contributed by atoms with van der Waals surface area (Å²) in [5, 5.41) is 21.0. The Kier molecular flexibility index (Phi) is 3.97. The van der Waals surface area contributed by atoms with E-state index in [0.29, 0.717) is 11.1 Å². The predicted molar refractivity (Wildman–Crippen MR) is 115 cm³/mol. The van der Waals surface area contributed by atoms with Crippen LogP contribution in [0.2, 0.25) is 0 Å². The average Bonchev–Trinajstić information content (AvgIpc) is 2.75. The summed E-state index contributed by atoms with van der Waals surface area (Å²) in [6, 6.07) is 26.6. The topological polar surface area (TPSA) is 66.8 Å². The molecule has 1 heterocycles. The molecule has 0 fully saturated rings. The fourth-order valence-electron chi connectivity index (χ4n) is 3.69. The molecule has 0 radical (unpaired) electrons. The highest BCUT2D eigenvalue weighted by Gasteiger charge is 2.39. The van der Waals surface area contributed by atoms with E-state index in [1.54, 1.807) is 48.5 Å². The van der Waals surface area contributed by atoms with Crippen LogP contribution in [0.1, 0.15) is 0 Å². The Morgan fingerprint density at radius 3 is 2.10 bits per heavy atom. The van der Waals surface area contributed by atoms with E-state index in [0.717, 1.165) is 22.3 Å². The maximum atomic E-state index is 14.3. The van der Waals surface area contributed by atoms with E-state index in [4.69, 9.17) is 4.52 Å². The minimum absolute atomic E-state index is 0.0787. The van der Waals surface area contributed by atoms with Crippen molar-refractivity contribution in [2.24, 2.45) is 0 Å². The zero-order valence-electron chi connectivity index (χ0n) is 15.3. The molecule has 1 unspecified atom stereocenters. The lowest BCUT2D eigenvalue weighted by Crippen LogP contribution is -2.25. The predicted octanol–water partition coefficient (Wildman–Crippen LogP) is 5.05. The van der Waals surface area contributed by atoms with Crippen LogP contribution in [0, 0.1) is 0 Å². The number of fused-ring (bicyclic) bond motifs is 3. The summed E-state index contributed by atoms with van der Waals surface area (Å²) in [5.74, 6) is 0.621. The lowest BCUT2D eigenvalue weighted by Gasteiger charge is -2.29. The van der Waals surface area contributed by atoms with Crippen molar-refractivity contribution in [3.63, 3.8) is 0 Å². The van der Waals surface area contributed by atoms with Gasteiger partial charge in [0.2, 0.25) is 0 Å². The van der Waals surface area contributed by atoms with Gasteiger partial charge in [-0.3, -0.25) is 4.57 Å². The summed E-state index contributed by atoms with van der Waals surface area (Å²) in [6.45, 7) is 0. The lowest BCUT2D eigenvalue weighted by atomic mass is 10.0. The fraction of sp³-hybridized carbons (Fsp3) is 0. The fourth-order valence-corrected chi connectivity index (χ4v) is 6.06.